The first-order valence-corrected chi connectivity index (χ1v) is 8.18. The zero-order valence-electron chi connectivity index (χ0n) is 13.2. The third kappa shape index (κ3) is 3.84. The zero-order valence-corrected chi connectivity index (χ0v) is 14.0. The van der Waals surface area contributed by atoms with Crippen LogP contribution in [0.5, 0.6) is 0 Å². The maximum absolute atomic E-state index is 13.5. The Bertz CT molecular complexity index is 813. The molecule has 1 heterocycles. The number of halogens is 2. The molecule has 0 radical (unpaired) electrons. The highest BCUT2D eigenvalue weighted by Crippen LogP contribution is 2.29. The summed E-state index contributed by atoms with van der Waals surface area (Å²) in [6.07, 6.45) is 3.73. The van der Waals surface area contributed by atoms with Crippen molar-refractivity contribution in [2.45, 2.75) is 38.9 Å². The quantitative estimate of drug-likeness (QED) is 0.865. The Balaban J connectivity index is 1.61. The first-order valence-electron chi connectivity index (χ1n) is 7.80. The Morgan fingerprint density at radius 2 is 2.25 bits per heavy atom. The van der Waals surface area contributed by atoms with Crippen LogP contribution in [0.25, 0.3) is 0 Å². The lowest BCUT2D eigenvalue weighted by Crippen LogP contribution is -2.35. The van der Waals surface area contributed by atoms with Crippen LogP contribution < -0.4 is 11.0 Å². The van der Waals surface area contributed by atoms with E-state index in [4.69, 9.17) is 11.6 Å². The lowest BCUT2D eigenvalue weighted by molar-refractivity contribution is -0.122. The second-order valence-corrected chi connectivity index (χ2v) is 6.54. The minimum absolute atomic E-state index is 0.0324. The molecule has 0 unspecified atom stereocenters. The predicted octanol–water partition coefficient (Wildman–Crippen LogP) is 2.12. The number of aromatic nitrogens is 3. The molecule has 1 aliphatic carbocycles. The molecule has 2 aromatic rings. The van der Waals surface area contributed by atoms with Crippen molar-refractivity contribution >= 4 is 17.5 Å². The molecule has 1 N–H and O–H groups in total. The molecule has 24 heavy (non-hydrogen) atoms. The van der Waals surface area contributed by atoms with Crippen molar-refractivity contribution in [3.05, 3.63) is 51.4 Å². The number of nitrogens with zero attached hydrogens (tertiary/aromatic N) is 3. The molecule has 8 heteroatoms. The fraction of sp³-hybridized carbons (Fsp3) is 0.438. The van der Waals surface area contributed by atoms with Crippen LogP contribution in [0, 0.1) is 11.7 Å². The SMILES string of the molecule is C[C@H](NC(=O)Cn1ncn(CC2CC2)c1=O)c1ccc(Cl)c(F)c1. The van der Waals surface area contributed by atoms with Crippen LogP contribution in [-0.2, 0) is 17.9 Å². The Morgan fingerprint density at radius 1 is 1.50 bits per heavy atom. The first-order chi connectivity index (χ1) is 11.4. The summed E-state index contributed by atoms with van der Waals surface area (Å²) < 4.78 is 16.1. The van der Waals surface area contributed by atoms with E-state index in [1.807, 2.05) is 0 Å². The van der Waals surface area contributed by atoms with E-state index in [2.05, 4.69) is 10.4 Å². The van der Waals surface area contributed by atoms with Gasteiger partial charge in [0.15, 0.2) is 0 Å². The first kappa shape index (κ1) is 16.7. The summed E-state index contributed by atoms with van der Waals surface area (Å²) in [7, 11) is 0. The van der Waals surface area contributed by atoms with E-state index < -0.39 is 11.9 Å². The topological polar surface area (TPSA) is 68.9 Å². The molecular weight excluding hydrogens is 335 g/mol. The Morgan fingerprint density at radius 3 is 2.92 bits per heavy atom. The Kier molecular flexibility index (Phi) is 4.71. The van der Waals surface area contributed by atoms with Crippen LogP contribution in [0.4, 0.5) is 4.39 Å². The number of hydrogen-bond donors (Lipinski definition) is 1. The number of carbonyl (C=O) groups is 1. The fourth-order valence-corrected chi connectivity index (χ4v) is 2.59. The summed E-state index contributed by atoms with van der Waals surface area (Å²) in [5, 5.41) is 6.73. The molecule has 1 aromatic heterocycles. The second-order valence-electron chi connectivity index (χ2n) is 6.13. The van der Waals surface area contributed by atoms with Crippen LogP contribution >= 0.6 is 11.6 Å². The molecule has 0 saturated heterocycles. The van der Waals surface area contributed by atoms with Gasteiger partial charge in [0, 0.05) is 6.54 Å². The summed E-state index contributed by atoms with van der Waals surface area (Å²) in [5.74, 6) is -0.351. The van der Waals surface area contributed by atoms with E-state index >= 15 is 0 Å². The van der Waals surface area contributed by atoms with Crippen molar-refractivity contribution < 1.29 is 9.18 Å². The number of carbonyl (C=O) groups excluding carboxylic acids is 1. The number of amides is 1. The number of rotatable bonds is 6. The van der Waals surface area contributed by atoms with Crippen LogP contribution in [0.1, 0.15) is 31.4 Å². The molecule has 0 spiro atoms. The van der Waals surface area contributed by atoms with Gasteiger partial charge in [-0.3, -0.25) is 9.36 Å². The van der Waals surface area contributed by atoms with Gasteiger partial charge in [0.05, 0.1) is 11.1 Å². The van der Waals surface area contributed by atoms with Gasteiger partial charge in [-0.05, 0) is 43.4 Å². The van der Waals surface area contributed by atoms with Crippen molar-refractivity contribution in [1.29, 1.82) is 0 Å². The van der Waals surface area contributed by atoms with Crippen LogP contribution in [0.3, 0.4) is 0 Å². The van der Waals surface area contributed by atoms with Gasteiger partial charge in [-0.25, -0.2) is 13.9 Å². The molecule has 3 rings (SSSR count). The van der Waals surface area contributed by atoms with Gasteiger partial charge in [-0.15, -0.1) is 0 Å². The lowest BCUT2D eigenvalue weighted by Gasteiger charge is -2.14. The highest BCUT2D eigenvalue weighted by atomic mass is 35.5. The molecule has 6 nitrogen and oxygen atoms in total. The van der Waals surface area contributed by atoms with E-state index in [1.165, 1.54) is 23.0 Å². The zero-order chi connectivity index (χ0) is 17.3. The smallest absolute Gasteiger partial charge is 0.346 e. The molecule has 1 amide bonds. The molecule has 1 aliphatic rings. The largest absolute Gasteiger partial charge is 0.348 e. The predicted molar refractivity (Wildman–Crippen MR) is 87.2 cm³/mol. The van der Waals surface area contributed by atoms with Gasteiger partial charge in [0.1, 0.15) is 18.7 Å². The van der Waals surface area contributed by atoms with Crippen molar-refractivity contribution in [2.24, 2.45) is 5.92 Å². The Labute approximate surface area is 143 Å². The number of hydrogen-bond acceptors (Lipinski definition) is 3. The van der Waals surface area contributed by atoms with Crippen molar-refractivity contribution in [3.8, 4) is 0 Å². The van der Waals surface area contributed by atoms with Crippen LogP contribution in [0.15, 0.2) is 29.3 Å². The van der Waals surface area contributed by atoms with Gasteiger partial charge >= 0.3 is 5.69 Å². The minimum Gasteiger partial charge on any atom is -0.348 e. The summed E-state index contributed by atoms with van der Waals surface area (Å²) in [4.78, 5) is 24.2. The van der Waals surface area contributed by atoms with Gasteiger partial charge in [-0.1, -0.05) is 17.7 Å². The van der Waals surface area contributed by atoms with Gasteiger partial charge in [-0.2, -0.15) is 5.10 Å². The summed E-state index contributed by atoms with van der Waals surface area (Å²) >= 11 is 5.65. The molecule has 1 aromatic carbocycles. The summed E-state index contributed by atoms with van der Waals surface area (Å²) in [6.45, 7) is 2.22. The van der Waals surface area contributed by atoms with Gasteiger partial charge in [0.25, 0.3) is 0 Å². The van der Waals surface area contributed by atoms with Crippen LogP contribution in [0.2, 0.25) is 5.02 Å². The standard InChI is InChI=1S/C16H18ClFN4O2/c1-10(12-4-5-13(17)14(18)6-12)20-15(23)8-22-16(24)21(9-19-22)7-11-2-3-11/h4-6,9-11H,2-3,7-8H2,1H3,(H,20,23)/t10-/m0/s1. The van der Waals surface area contributed by atoms with Crippen molar-refractivity contribution in [2.75, 3.05) is 0 Å². The second kappa shape index (κ2) is 6.76. The highest BCUT2D eigenvalue weighted by molar-refractivity contribution is 6.30. The van der Waals surface area contributed by atoms with Crippen molar-refractivity contribution in [3.63, 3.8) is 0 Å². The molecule has 1 saturated carbocycles. The third-order valence-corrected chi connectivity index (χ3v) is 4.37. The van der Waals surface area contributed by atoms with E-state index in [9.17, 15) is 14.0 Å². The molecule has 0 bridgehead atoms. The minimum atomic E-state index is -0.537. The van der Waals surface area contributed by atoms with Crippen LogP contribution in [-0.4, -0.2) is 20.3 Å². The highest BCUT2D eigenvalue weighted by Gasteiger charge is 2.23. The molecule has 1 fully saturated rings. The molecule has 1 atom stereocenters. The Hall–Kier alpha value is -2.15. The normalized spacial score (nSPS) is 15.3. The summed E-state index contributed by atoms with van der Waals surface area (Å²) in [6, 6.07) is 3.96. The average Bonchev–Trinajstić information content (AvgIpc) is 3.29. The van der Waals surface area contributed by atoms with E-state index in [0.29, 0.717) is 18.0 Å². The van der Waals surface area contributed by atoms with Gasteiger partial charge < -0.3 is 5.32 Å². The van der Waals surface area contributed by atoms with Crippen molar-refractivity contribution in [1.82, 2.24) is 19.7 Å². The third-order valence-electron chi connectivity index (χ3n) is 4.06. The monoisotopic (exact) mass is 352 g/mol. The van der Waals surface area contributed by atoms with E-state index in [-0.39, 0.29) is 23.2 Å². The summed E-state index contributed by atoms with van der Waals surface area (Å²) in [5.41, 5.74) is 0.305. The lowest BCUT2D eigenvalue weighted by atomic mass is 10.1. The molecule has 128 valence electrons. The maximum Gasteiger partial charge on any atom is 0.346 e. The number of nitrogens with one attached hydrogen (secondary N) is 1. The fourth-order valence-electron chi connectivity index (χ4n) is 2.47. The van der Waals surface area contributed by atoms with E-state index in [1.54, 1.807) is 13.0 Å². The van der Waals surface area contributed by atoms with E-state index in [0.717, 1.165) is 17.5 Å². The number of benzene rings is 1. The molecule has 0 aliphatic heterocycles. The maximum atomic E-state index is 13.5. The average molecular weight is 353 g/mol. The molecular formula is C16H18ClFN4O2. The van der Waals surface area contributed by atoms with Gasteiger partial charge in [0.2, 0.25) is 5.91 Å².